The van der Waals surface area contributed by atoms with Crippen LogP contribution in [-0.4, -0.2) is 43.6 Å². The number of hydrazone groups is 1. The molecule has 2 aliphatic heterocycles. The summed E-state index contributed by atoms with van der Waals surface area (Å²) in [5.41, 5.74) is 4.02. The van der Waals surface area contributed by atoms with E-state index in [2.05, 4.69) is 66.5 Å². The number of hydrogen-bond donors (Lipinski definition) is 0. The lowest BCUT2D eigenvalue weighted by Gasteiger charge is -2.37. The Bertz CT molecular complexity index is 947. The van der Waals surface area contributed by atoms with E-state index in [0.29, 0.717) is 11.5 Å². The van der Waals surface area contributed by atoms with Gasteiger partial charge >= 0.3 is 0 Å². The SMILES string of the molecule is C=C1N(c2ccc(N3CCN(c4ccc(CC)cc4)CC3)cc2F)C=NN1C(C)CC. The molecule has 0 spiro atoms. The second-order valence-electron chi connectivity index (χ2n) is 8.25. The van der Waals surface area contributed by atoms with Crippen LogP contribution in [0.1, 0.15) is 32.8 Å². The first kappa shape index (κ1) is 21.2. The van der Waals surface area contributed by atoms with Crippen LogP contribution in [-0.2, 0) is 6.42 Å². The average molecular weight is 422 g/mol. The number of benzene rings is 2. The van der Waals surface area contributed by atoms with E-state index in [9.17, 15) is 0 Å². The predicted octanol–water partition coefficient (Wildman–Crippen LogP) is 5.05. The summed E-state index contributed by atoms with van der Waals surface area (Å²) in [5.74, 6) is 0.428. The molecule has 0 N–H and O–H groups in total. The van der Waals surface area contributed by atoms with Crippen LogP contribution in [0, 0.1) is 5.82 Å². The molecule has 1 atom stereocenters. The van der Waals surface area contributed by atoms with Crippen LogP contribution in [0.15, 0.2) is 60.0 Å². The van der Waals surface area contributed by atoms with Crippen LogP contribution in [0.5, 0.6) is 0 Å². The second kappa shape index (κ2) is 9.00. The number of aryl methyl sites for hydroxylation is 1. The van der Waals surface area contributed by atoms with Crippen molar-refractivity contribution in [2.75, 3.05) is 40.9 Å². The highest BCUT2D eigenvalue weighted by atomic mass is 19.1. The Kier molecular flexibility index (Phi) is 6.16. The molecule has 164 valence electrons. The van der Waals surface area contributed by atoms with E-state index in [0.717, 1.165) is 44.7 Å². The Balaban J connectivity index is 1.41. The Morgan fingerprint density at radius 1 is 0.968 bits per heavy atom. The van der Waals surface area contributed by atoms with Crippen molar-refractivity contribution in [1.29, 1.82) is 0 Å². The number of hydrogen-bond acceptors (Lipinski definition) is 5. The summed E-state index contributed by atoms with van der Waals surface area (Å²) in [6.07, 6.45) is 3.65. The average Bonchev–Trinajstić information content (AvgIpc) is 3.19. The normalized spacial score (nSPS) is 17.6. The van der Waals surface area contributed by atoms with E-state index in [4.69, 9.17) is 0 Å². The lowest BCUT2D eigenvalue weighted by molar-refractivity contribution is 0.286. The van der Waals surface area contributed by atoms with Gasteiger partial charge in [0.25, 0.3) is 0 Å². The fourth-order valence-electron chi connectivity index (χ4n) is 4.15. The van der Waals surface area contributed by atoms with E-state index in [1.165, 1.54) is 11.3 Å². The van der Waals surface area contributed by atoms with E-state index in [-0.39, 0.29) is 11.9 Å². The maximum atomic E-state index is 15.1. The van der Waals surface area contributed by atoms with Gasteiger partial charge in [-0.2, -0.15) is 5.10 Å². The van der Waals surface area contributed by atoms with Crippen LogP contribution in [0.4, 0.5) is 21.5 Å². The van der Waals surface area contributed by atoms with Crippen molar-refractivity contribution in [2.24, 2.45) is 5.10 Å². The zero-order valence-electron chi connectivity index (χ0n) is 18.8. The third-order valence-electron chi connectivity index (χ3n) is 6.39. The highest BCUT2D eigenvalue weighted by Gasteiger charge is 2.26. The number of rotatable bonds is 6. The van der Waals surface area contributed by atoms with Crippen molar-refractivity contribution in [1.82, 2.24) is 5.01 Å². The third kappa shape index (κ3) is 4.24. The molecule has 4 rings (SSSR count). The van der Waals surface area contributed by atoms with Crippen molar-refractivity contribution in [2.45, 2.75) is 39.7 Å². The number of anilines is 3. The first-order chi connectivity index (χ1) is 15.0. The molecule has 1 unspecified atom stereocenters. The topological polar surface area (TPSA) is 25.3 Å². The maximum absolute atomic E-state index is 15.1. The molecule has 1 saturated heterocycles. The molecule has 31 heavy (non-hydrogen) atoms. The summed E-state index contributed by atoms with van der Waals surface area (Å²) in [6.45, 7) is 14.1. The van der Waals surface area contributed by atoms with Gasteiger partial charge in [-0.3, -0.25) is 4.90 Å². The van der Waals surface area contributed by atoms with E-state index in [1.807, 2.05) is 17.1 Å². The summed E-state index contributed by atoms with van der Waals surface area (Å²) in [7, 11) is 0. The summed E-state index contributed by atoms with van der Waals surface area (Å²) in [5, 5.41) is 6.25. The van der Waals surface area contributed by atoms with E-state index in [1.54, 1.807) is 17.3 Å². The van der Waals surface area contributed by atoms with Gasteiger partial charge in [-0.1, -0.05) is 32.6 Å². The molecule has 6 heteroatoms. The minimum Gasteiger partial charge on any atom is -0.368 e. The van der Waals surface area contributed by atoms with Gasteiger partial charge in [0.2, 0.25) is 0 Å². The molecule has 2 aromatic rings. The highest BCUT2D eigenvalue weighted by molar-refractivity contribution is 5.85. The molecule has 0 saturated carbocycles. The molecular formula is C25H32FN5. The third-order valence-corrected chi connectivity index (χ3v) is 6.39. The molecule has 0 aliphatic carbocycles. The number of nitrogens with zero attached hydrogens (tertiary/aromatic N) is 5. The standard InChI is InChI=1S/C25H32FN5/c1-5-19(3)31-20(4)30(18-27-31)25-12-11-23(17-24(25)26)29-15-13-28(14-16-29)22-9-7-21(6-2)8-10-22/h7-12,17-19H,4-6,13-16H2,1-3H3. The minimum atomic E-state index is -0.256. The molecule has 2 aliphatic rings. The Labute approximate surface area is 185 Å². The van der Waals surface area contributed by atoms with Gasteiger partial charge in [0.05, 0.1) is 11.7 Å². The Hall–Kier alpha value is -3.02. The fraction of sp³-hybridized carbons (Fsp3) is 0.400. The lowest BCUT2D eigenvalue weighted by Crippen LogP contribution is -2.46. The molecule has 0 bridgehead atoms. The maximum Gasteiger partial charge on any atom is 0.149 e. The molecule has 0 radical (unpaired) electrons. The van der Waals surface area contributed by atoms with Crippen LogP contribution in [0.2, 0.25) is 0 Å². The lowest BCUT2D eigenvalue weighted by atomic mass is 10.1. The summed E-state index contributed by atoms with van der Waals surface area (Å²) >= 11 is 0. The van der Waals surface area contributed by atoms with Crippen LogP contribution >= 0.6 is 0 Å². The largest absolute Gasteiger partial charge is 0.368 e. The quantitative estimate of drug-likeness (QED) is 0.652. The Morgan fingerprint density at radius 3 is 2.16 bits per heavy atom. The molecule has 2 aromatic carbocycles. The highest BCUT2D eigenvalue weighted by Crippen LogP contribution is 2.31. The predicted molar refractivity (Wildman–Crippen MR) is 128 cm³/mol. The summed E-state index contributed by atoms with van der Waals surface area (Å²) < 4.78 is 15.1. The molecule has 0 aromatic heterocycles. The van der Waals surface area contributed by atoms with Crippen molar-refractivity contribution in [3.8, 4) is 0 Å². The van der Waals surface area contributed by atoms with Gasteiger partial charge in [-0.05, 0) is 55.7 Å². The minimum absolute atomic E-state index is 0.227. The van der Waals surface area contributed by atoms with Crippen molar-refractivity contribution in [3.05, 3.63) is 66.2 Å². The first-order valence-corrected chi connectivity index (χ1v) is 11.2. The first-order valence-electron chi connectivity index (χ1n) is 11.2. The monoisotopic (exact) mass is 421 g/mol. The molecule has 2 heterocycles. The van der Waals surface area contributed by atoms with Gasteiger partial charge in [-0.25, -0.2) is 9.40 Å². The van der Waals surface area contributed by atoms with Crippen molar-refractivity contribution in [3.63, 3.8) is 0 Å². The van der Waals surface area contributed by atoms with Crippen molar-refractivity contribution >= 4 is 23.4 Å². The van der Waals surface area contributed by atoms with E-state index >= 15 is 4.39 Å². The van der Waals surface area contributed by atoms with Crippen LogP contribution in [0.3, 0.4) is 0 Å². The van der Waals surface area contributed by atoms with Crippen LogP contribution < -0.4 is 14.7 Å². The number of halogens is 1. The number of piperazine rings is 1. The zero-order valence-corrected chi connectivity index (χ0v) is 18.8. The van der Waals surface area contributed by atoms with Gasteiger partial charge < -0.3 is 9.80 Å². The van der Waals surface area contributed by atoms with Gasteiger partial charge in [0, 0.05) is 37.6 Å². The van der Waals surface area contributed by atoms with Gasteiger partial charge in [0.1, 0.15) is 18.0 Å². The molecule has 1 fully saturated rings. The van der Waals surface area contributed by atoms with Crippen LogP contribution in [0.25, 0.3) is 0 Å². The van der Waals surface area contributed by atoms with E-state index < -0.39 is 0 Å². The smallest absolute Gasteiger partial charge is 0.149 e. The Morgan fingerprint density at radius 2 is 1.58 bits per heavy atom. The zero-order chi connectivity index (χ0) is 22.0. The summed E-state index contributed by atoms with van der Waals surface area (Å²) in [6, 6.07) is 14.5. The summed E-state index contributed by atoms with van der Waals surface area (Å²) in [4.78, 5) is 6.38. The van der Waals surface area contributed by atoms with Gasteiger partial charge in [-0.15, -0.1) is 0 Å². The molecular weight excluding hydrogens is 389 g/mol. The molecule has 0 amide bonds. The second-order valence-corrected chi connectivity index (χ2v) is 8.25. The van der Waals surface area contributed by atoms with Gasteiger partial charge in [0.15, 0.2) is 0 Å². The van der Waals surface area contributed by atoms with Crippen molar-refractivity contribution < 1.29 is 4.39 Å². The molecule has 5 nitrogen and oxygen atoms in total. The fourth-order valence-corrected chi connectivity index (χ4v) is 4.15.